The number of aromatic nitrogens is 2. The van der Waals surface area contributed by atoms with Gasteiger partial charge in [0, 0.05) is 25.8 Å². The Morgan fingerprint density at radius 1 is 1.13 bits per heavy atom. The number of aliphatic carboxylic acids is 1. The summed E-state index contributed by atoms with van der Waals surface area (Å²) in [5.74, 6) is -0.682. The van der Waals surface area contributed by atoms with E-state index in [0.717, 1.165) is 5.56 Å². The number of carboxylic acid groups (broad SMARTS) is 1. The van der Waals surface area contributed by atoms with Crippen LogP contribution in [0.25, 0.3) is 0 Å². The number of anilines is 1. The highest BCUT2D eigenvalue weighted by atomic mass is 32.2. The number of aryl methyl sites for hydroxylation is 2. The minimum absolute atomic E-state index is 0.0343. The van der Waals surface area contributed by atoms with Gasteiger partial charge in [0.05, 0.1) is 18.9 Å². The van der Waals surface area contributed by atoms with Crippen LogP contribution in [0.3, 0.4) is 0 Å². The highest BCUT2D eigenvalue weighted by molar-refractivity contribution is 7.87. The number of amides is 1. The standard InChI is InChI=1S/C30H38N4O12S/c1-16(11-18-5-8-20(43-4)9-6-18)31-13-23(44-30-27(38)25(36)26(37)28(45-30)29(39)40)19-7-10-22(21(12-19)32-15-35)46-47(41,42)24-14-34(3)17(2)33-24/h5-10,12,14-16,23,25-28,30-31,36-38H,11,13H2,1-4H3,(H,32,35)(H,39,40)/t16?,23?,25-,26-,27+,28-,30+/m0/s1. The van der Waals surface area contributed by atoms with E-state index in [1.165, 1.54) is 29.0 Å². The molecule has 17 heteroatoms. The highest BCUT2D eigenvalue weighted by Gasteiger charge is 2.48. The van der Waals surface area contributed by atoms with Gasteiger partial charge < -0.3 is 54.0 Å². The molecule has 7 atom stereocenters. The Bertz CT molecular complexity index is 1630. The van der Waals surface area contributed by atoms with Gasteiger partial charge in [-0.15, -0.1) is 0 Å². The first-order valence-corrected chi connectivity index (χ1v) is 15.9. The minimum atomic E-state index is -4.40. The van der Waals surface area contributed by atoms with Gasteiger partial charge in [-0.3, -0.25) is 4.79 Å². The summed E-state index contributed by atoms with van der Waals surface area (Å²) in [6.45, 7) is 3.56. The Balaban J connectivity index is 1.62. The van der Waals surface area contributed by atoms with E-state index in [2.05, 4.69) is 15.6 Å². The molecule has 4 rings (SSSR count). The first-order chi connectivity index (χ1) is 22.2. The Hall–Kier alpha value is -4.10. The number of imidazole rings is 1. The Kier molecular flexibility index (Phi) is 11.6. The summed E-state index contributed by atoms with van der Waals surface area (Å²) in [6.07, 6.45) is -8.12. The van der Waals surface area contributed by atoms with Crippen molar-refractivity contribution >= 4 is 28.2 Å². The molecule has 1 aromatic heterocycles. The molecule has 2 heterocycles. The maximum absolute atomic E-state index is 13.0. The van der Waals surface area contributed by atoms with Gasteiger partial charge in [-0.1, -0.05) is 18.2 Å². The van der Waals surface area contributed by atoms with Crippen molar-refractivity contribution in [2.75, 3.05) is 19.0 Å². The molecule has 47 heavy (non-hydrogen) atoms. The number of methoxy groups -OCH3 is 1. The number of nitrogens with one attached hydrogen (secondary N) is 2. The van der Waals surface area contributed by atoms with E-state index in [9.17, 15) is 38.4 Å². The van der Waals surface area contributed by atoms with Crippen LogP contribution in [0.4, 0.5) is 5.69 Å². The lowest BCUT2D eigenvalue weighted by Crippen LogP contribution is -2.60. The molecule has 6 N–H and O–H groups in total. The molecule has 2 unspecified atom stereocenters. The molecule has 1 saturated heterocycles. The average Bonchev–Trinajstić information content (AvgIpc) is 3.38. The Morgan fingerprint density at radius 2 is 1.83 bits per heavy atom. The van der Waals surface area contributed by atoms with E-state index in [4.69, 9.17) is 18.4 Å². The molecule has 3 aromatic rings. The second-order valence-corrected chi connectivity index (χ2v) is 12.5. The number of carbonyl (C=O) groups is 2. The van der Waals surface area contributed by atoms with Crippen molar-refractivity contribution in [2.24, 2.45) is 7.05 Å². The van der Waals surface area contributed by atoms with Gasteiger partial charge >= 0.3 is 16.1 Å². The lowest BCUT2D eigenvalue weighted by molar-refractivity contribution is -0.305. The Labute approximate surface area is 271 Å². The minimum Gasteiger partial charge on any atom is -0.497 e. The molecule has 16 nitrogen and oxygen atoms in total. The van der Waals surface area contributed by atoms with Crippen LogP contribution in [-0.4, -0.2) is 101 Å². The summed E-state index contributed by atoms with van der Waals surface area (Å²) in [5.41, 5.74) is 1.26. The monoisotopic (exact) mass is 678 g/mol. The number of carboxylic acids is 1. The van der Waals surface area contributed by atoms with Crippen LogP contribution in [0, 0.1) is 6.92 Å². The van der Waals surface area contributed by atoms with Crippen molar-refractivity contribution in [2.45, 2.75) is 68.1 Å². The van der Waals surface area contributed by atoms with Gasteiger partial charge in [-0.2, -0.15) is 8.42 Å². The fourth-order valence-electron chi connectivity index (χ4n) is 4.87. The average molecular weight is 679 g/mol. The lowest BCUT2D eigenvalue weighted by Gasteiger charge is -2.40. The summed E-state index contributed by atoms with van der Waals surface area (Å²) in [4.78, 5) is 27.2. The molecule has 0 bridgehead atoms. The van der Waals surface area contributed by atoms with Gasteiger partial charge in [0.1, 0.15) is 29.9 Å². The summed E-state index contributed by atoms with van der Waals surface area (Å²) in [5, 5.41) is 45.9. The van der Waals surface area contributed by atoms with E-state index in [-0.39, 0.29) is 29.0 Å². The largest absolute Gasteiger partial charge is 0.497 e. The first kappa shape index (κ1) is 35.7. The SMILES string of the molecule is COc1ccc(CC(C)NCC(O[C@@H]2O[C@H](C(=O)O)[C@@H](O)[C@H](O)[C@H]2O)c2ccc(OS(=O)(=O)c3cn(C)c(C)n3)c(NC=O)c2)cc1. The number of hydrogen-bond acceptors (Lipinski definition) is 13. The lowest BCUT2D eigenvalue weighted by atomic mass is 9.98. The van der Waals surface area contributed by atoms with E-state index in [1.807, 2.05) is 31.2 Å². The van der Waals surface area contributed by atoms with Crippen LogP contribution in [0.2, 0.25) is 0 Å². The third-order valence-electron chi connectivity index (χ3n) is 7.60. The molecule has 256 valence electrons. The summed E-state index contributed by atoms with van der Waals surface area (Å²) in [6, 6.07) is 11.4. The fraction of sp³-hybridized carbons (Fsp3) is 0.433. The molecule has 0 saturated carbocycles. The van der Waals surface area contributed by atoms with Crippen LogP contribution < -0.4 is 19.6 Å². The quantitative estimate of drug-likeness (QED) is 0.0935. The molecule has 1 aliphatic rings. The van der Waals surface area contributed by atoms with Crippen molar-refractivity contribution in [1.29, 1.82) is 0 Å². The van der Waals surface area contributed by atoms with Crippen molar-refractivity contribution < 1.29 is 56.8 Å². The number of nitrogens with zero attached hydrogens (tertiary/aromatic N) is 2. The summed E-state index contributed by atoms with van der Waals surface area (Å²) >= 11 is 0. The normalized spacial score (nSPS) is 22.7. The van der Waals surface area contributed by atoms with E-state index in [1.54, 1.807) is 21.1 Å². The molecule has 0 aliphatic carbocycles. The maximum Gasteiger partial charge on any atom is 0.358 e. The van der Waals surface area contributed by atoms with E-state index >= 15 is 0 Å². The van der Waals surface area contributed by atoms with Crippen LogP contribution in [-0.2, 0) is 42.6 Å². The number of hydrogen-bond donors (Lipinski definition) is 6. The second kappa shape index (κ2) is 15.2. The third-order valence-corrected chi connectivity index (χ3v) is 8.70. The predicted octanol–water partition coefficient (Wildman–Crippen LogP) is 0.244. The van der Waals surface area contributed by atoms with Crippen LogP contribution >= 0.6 is 0 Å². The molecular formula is C30H38N4O12S. The molecule has 0 spiro atoms. The fourth-order valence-corrected chi connectivity index (χ4v) is 5.87. The molecular weight excluding hydrogens is 640 g/mol. The predicted molar refractivity (Wildman–Crippen MR) is 164 cm³/mol. The van der Waals surface area contributed by atoms with E-state index < -0.39 is 52.9 Å². The van der Waals surface area contributed by atoms with Crippen molar-refractivity contribution in [1.82, 2.24) is 14.9 Å². The smallest absolute Gasteiger partial charge is 0.358 e. The maximum atomic E-state index is 13.0. The second-order valence-electron chi connectivity index (χ2n) is 11.0. The Morgan fingerprint density at radius 3 is 2.43 bits per heavy atom. The van der Waals surface area contributed by atoms with Gasteiger partial charge in [0.2, 0.25) is 11.4 Å². The molecule has 1 fully saturated rings. The number of aliphatic hydroxyl groups is 3. The highest BCUT2D eigenvalue weighted by Crippen LogP contribution is 2.34. The van der Waals surface area contributed by atoms with Gasteiger partial charge in [-0.05, 0) is 55.7 Å². The number of benzene rings is 2. The molecule has 1 aliphatic heterocycles. The number of ether oxygens (including phenoxy) is 3. The third kappa shape index (κ3) is 8.63. The number of rotatable bonds is 15. The summed E-state index contributed by atoms with van der Waals surface area (Å²) in [7, 11) is -1.21. The zero-order valence-corrected chi connectivity index (χ0v) is 26.8. The summed E-state index contributed by atoms with van der Waals surface area (Å²) < 4.78 is 49.3. The zero-order valence-electron chi connectivity index (χ0n) is 26.0. The van der Waals surface area contributed by atoms with Gasteiger partial charge in [0.25, 0.3) is 0 Å². The topological polar surface area (TPSA) is 228 Å². The molecule has 2 aromatic carbocycles. The number of aliphatic hydroxyl groups excluding tert-OH is 3. The molecule has 0 radical (unpaired) electrons. The van der Waals surface area contributed by atoms with E-state index in [0.29, 0.717) is 30.0 Å². The van der Waals surface area contributed by atoms with Crippen LogP contribution in [0.5, 0.6) is 11.5 Å². The number of carbonyl (C=O) groups excluding carboxylic acids is 1. The first-order valence-electron chi connectivity index (χ1n) is 14.5. The van der Waals surface area contributed by atoms with Crippen LogP contribution in [0.15, 0.2) is 53.7 Å². The molecule has 1 amide bonds. The van der Waals surface area contributed by atoms with Gasteiger partial charge in [-0.25, -0.2) is 9.78 Å². The van der Waals surface area contributed by atoms with Crippen molar-refractivity contribution in [3.63, 3.8) is 0 Å². The van der Waals surface area contributed by atoms with Crippen molar-refractivity contribution in [3.8, 4) is 11.5 Å². The van der Waals surface area contributed by atoms with Gasteiger partial charge in [0.15, 0.2) is 18.1 Å². The zero-order chi connectivity index (χ0) is 34.5. The van der Waals surface area contributed by atoms with Crippen LogP contribution in [0.1, 0.15) is 30.0 Å². The van der Waals surface area contributed by atoms with Crippen molar-refractivity contribution in [3.05, 3.63) is 65.6 Å².